The van der Waals surface area contributed by atoms with Crippen molar-refractivity contribution in [1.82, 2.24) is 14.5 Å². The summed E-state index contributed by atoms with van der Waals surface area (Å²) in [4.78, 5) is 14.1. The minimum atomic E-state index is -4.54. The highest BCUT2D eigenvalue weighted by Gasteiger charge is 2.34. The highest BCUT2D eigenvalue weighted by molar-refractivity contribution is 7.89. The third-order valence-electron chi connectivity index (χ3n) is 5.40. The molecule has 1 aliphatic heterocycles. The number of carbonyl (C=O) groups is 1. The van der Waals surface area contributed by atoms with Gasteiger partial charge in [0.1, 0.15) is 5.82 Å². The van der Waals surface area contributed by atoms with Crippen LogP contribution >= 0.6 is 0 Å². The number of carbonyl (C=O) groups excluding carboxylic acids is 1. The first-order valence-corrected chi connectivity index (χ1v) is 11.4. The monoisotopic (exact) mass is 473 g/mol. The molecule has 1 atom stereocenters. The van der Waals surface area contributed by atoms with Crippen molar-refractivity contribution in [2.24, 2.45) is 0 Å². The minimum Gasteiger partial charge on any atom is -0.351 e. The van der Waals surface area contributed by atoms with Gasteiger partial charge in [-0.25, -0.2) is 12.8 Å². The van der Waals surface area contributed by atoms with Gasteiger partial charge in [0.15, 0.2) is 0 Å². The van der Waals surface area contributed by atoms with Gasteiger partial charge in [-0.3, -0.25) is 9.69 Å². The molecule has 6 nitrogen and oxygen atoms in total. The Balaban J connectivity index is 1.55. The highest BCUT2D eigenvalue weighted by atomic mass is 32.2. The predicted molar refractivity (Wildman–Crippen MR) is 109 cm³/mol. The number of hydrogen-bond acceptors (Lipinski definition) is 4. The molecule has 11 heteroatoms. The van der Waals surface area contributed by atoms with E-state index in [1.165, 1.54) is 16.4 Å². The molecule has 2 aromatic rings. The zero-order valence-electron chi connectivity index (χ0n) is 17.3. The summed E-state index contributed by atoms with van der Waals surface area (Å²) < 4.78 is 77.8. The van der Waals surface area contributed by atoms with Gasteiger partial charge in [0.2, 0.25) is 15.9 Å². The number of benzene rings is 2. The average molecular weight is 473 g/mol. The van der Waals surface area contributed by atoms with Crippen LogP contribution in [0.3, 0.4) is 0 Å². The van der Waals surface area contributed by atoms with Crippen LogP contribution in [0.2, 0.25) is 0 Å². The zero-order chi connectivity index (χ0) is 23.5. The van der Waals surface area contributed by atoms with E-state index in [1.807, 2.05) is 4.90 Å². The Bertz CT molecular complexity index is 1030. The van der Waals surface area contributed by atoms with Gasteiger partial charge >= 0.3 is 6.18 Å². The van der Waals surface area contributed by atoms with Crippen LogP contribution in [0.5, 0.6) is 0 Å². The van der Waals surface area contributed by atoms with E-state index in [0.717, 1.165) is 29.8 Å². The molecular weight excluding hydrogens is 450 g/mol. The van der Waals surface area contributed by atoms with E-state index in [2.05, 4.69) is 5.32 Å². The van der Waals surface area contributed by atoms with Crippen LogP contribution in [0.4, 0.5) is 17.6 Å². The lowest BCUT2D eigenvalue weighted by Gasteiger charge is -2.36. The van der Waals surface area contributed by atoms with Gasteiger partial charge in [-0.05, 0) is 48.9 Å². The van der Waals surface area contributed by atoms with Crippen molar-refractivity contribution in [3.8, 4) is 0 Å². The normalized spacial score (nSPS) is 17.2. The van der Waals surface area contributed by atoms with Crippen LogP contribution in [0.15, 0.2) is 53.4 Å². The Morgan fingerprint density at radius 3 is 2.09 bits per heavy atom. The van der Waals surface area contributed by atoms with E-state index in [-0.39, 0.29) is 36.3 Å². The Morgan fingerprint density at radius 2 is 1.56 bits per heavy atom. The molecular formula is C21H23F4N3O3S. The van der Waals surface area contributed by atoms with E-state index < -0.39 is 27.8 Å². The Labute approximate surface area is 183 Å². The van der Waals surface area contributed by atoms with Crippen LogP contribution in [0.25, 0.3) is 0 Å². The zero-order valence-corrected chi connectivity index (χ0v) is 18.1. The fraction of sp³-hybridized carbons (Fsp3) is 0.381. The summed E-state index contributed by atoms with van der Waals surface area (Å²) in [6.45, 7) is 2.76. The Hall–Kier alpha value is -2.50. The number of nitrogens with zero attached hydrogens (tertiary/aromatic N) is 2. The maximum Gasteiger partial charge on any atom is 0.416 e. The summed E-state index contributed by atoms with van der Waals surface area (Å²) in [6, 6.07) is 8.66. The molecule has 1 saturated heterocycles. The first-order valence-electron chi connectivity index (χ1n) is 9.92. The summed E-state index contributed by atoms with van der Waals surface area (Å²) in [5.41, 5.74) is -0.166. The lowest BCUT2D eigenvalue weighted by molar-refractivity contribution is -0.137. The van der Waals surface area contributed by atoms with Crippen molar-refractivity contribution in [3.63, 3.8) is 0 Å². The maximum atomic E-state index is 13.0. The summed E-state index contributed by atoms with van der Waals surface area (Å²) in [7, 11) is -3.94. The lowest BCUT2D eigenvalue weighted by atomic mass is 10.2. The van der Waals surface area contributed by atoms with Crippen LogP contribution in [-0.2, 0) is 27.5 Å². The highest BCUT2D eigenvalue weighted by Crippen LogP contribution is 2.30. The molecule has 32 heavy (non-hydrogen) atoms. The fourth-order valence-electron chi connectivity index (χ4n) is 3.40. The second-order valence-corrected chi connectivity index (χ2v) is 9.42. The molecule has 0 saturated carbocycles. The number of amides is 1. The largest absolute Gasteiger partial charge is 0.416 e. The molecule has 1 N–H and O–H groups in total. The van der Waals surface area contributed by atoms with Crippen molar-refractivity contribution < 1.29 is 30.8 Å². The van der Waals surface area contributed by atoms with E-state index >= 15 is 0 Å². The topological polar surface area (TPSA) is 69.7 Å². The Kier molecular flexibility index (Phi) is 7.21. The van der Waals surface area contributed by atoms with Crippen molar-refractivity contribution in [2.75, 3.05) is 26.2 Å². The summed E-state index contributed by atoms with van der Waals surface area (Å²) in [5, 5.41) is 2.77. The lowest BCUT2D eigenvalue weighted by Crippen LogP contribution is -2.54. The number of hydrogen-bond donors (Lipinski definition) is 1. The molecule has 0 radical (unpaired) electrons. The molecule has 0 bridgehead atoms. The average Bonchev–Trinajstić information content (AvgIpc) is 2.77. The molecule has 0 aromatic heterocycles. The predicted octanol–water partition coefficient (Wildman–Crippen LogP) is 2.86. The van der Waals surface area contributed by atoms with Gasteiger partial charge < -0.3 is 5.32 Å². The number of piperazine rings is 1. The van der Waals surface area contributed by atoms with Gasteiger partial charge in [0, 0.05) is 32.7 Å². The van der Waals surface area contributed by atoms with Crippen LogP contribution in [-0.4, -0.2) is 55.8 Å². The third kappa shape index (κ3) is 5.64. The molecule has 1 aliphatic rings. The standard InChI is InChI=1S/C21H23F4N3O3S/c1-15(20(29)26-14-16-2-6-18(22)7-3-16)27-10-12-28(13-11-27)32(30,31)19-8-4-17(5-9-19)21(23,24)25/h2-9,15H,10-14H2,1H3,(H,26,29). The molecule has 2 aromatic carbocycles. The molecule has 0 spiro atoms. The SMILES string of the molecule is CC(C(=O)NCc1ccc(F)cc1)N1CCN(S(=O)(=O)c2ccc(C(F)(F)F)cc2)CC1. The fourth-order valence-corrected chi connectivity index (χ4v) is 4.82. The second-order valence-electron chi connectivity index (χ2n) is 7.48. The number of nitrogens with one attached hydrogen (secondary N) is 1. The molecule has 3 rings (SSSR count). The van der Waals surface area contributed by atoms with Crippen LogP contribution in [0.1, 0.15) is 18.1 Å². The number of rotatable bonds is 6. The van der Waals surface area contributed by atoms with Crippen molar-refractivity contribution in [3.05, 3.63) is 65.5 Å². The van der Waals surface area contributed by atoms with E-state index in [9.17, 15) is 30.8 Å². The van der Waals surface area contributed by atoms with Gasteiger partial charge in [-0.15, -0.1) is 0 Å². The summed E-state index contributed by atoms with van der Waals surface area (Å²) in [5.74, 6) is -0.606. The molecule has 0 aliphatic carbocycles. The molecule has 1 heterocycles. The van der Waals surface area contributed by atoms with Gasteiger partial charge in [0.25, 0.3) is 0 Å². The molecule has 1 fully saturated rings. The van der Waals surface area contributed by atoms with E-state index in [4.69, 9.17) is 0 Å². The van der Waals surface area contributed by atoms with E-state index in [0.29, 0.717) is 13.1 Å². The van der Waals surface area contributed by atoms with Crippen LogP contribution in [0, 0.1) is 5.82 Å². The quantitative estimate of drug-likeness (QED) is 0.656. The van der Waals surface area contributed by atoms with Gasteiger partial charge in [-0.2, -0.15) is 17.5 Å². The summed E-state index contributed by atoms with van der Waals surface area (Å²) in [6.07, 6.45) is -4.54. The van der Waals surface area contributed by atoms with Crippen molar-refractivity contribution in [1.29, 1.82) is 0 Å². The maximum absolute atomic E-state index is 13.0. The van der Waals surface area contributed by atoms with Gasteiger partial charge in [-0.1, -0.05) is 12.1 Å². The first-order chi connectivity index (χ1) is 15.0. The molecule has 1 unspecified atom stereocenters. The first kappa shape index (κ1) is 24.1. The number of halogens is 4. The molecule has 174 valence electrons. The van der Waals surface area contributed by atoms with Crippen molar-refractivity contribution >= 4 is 15.9 Å². The smallest absolute Gasteiger partial charge is 0.351 e. The molecule has 1 amide bonds. The number of alkyl halides is 3. The van der Waals surface area contributed by atoms with E-state index in [1.54, 1.807) is 19.1 Å². The minimum absolute atomic E-state index is 0.110. The third-order valence-corrected chi connectivity index (χ3v) is 7.31. The van der Waals surface area contributed by atoms with Crippen LogP contribution < -0.4 is 5.32 Å². The second kappa shape index (κ2) is 9.55. The number of sulfonamides is 1. The Morgan fingerprint density at radius 1 is 1.00 bits per heavy atom. The summed E-state index contributed by atoms with van der Waals surface area (Å²) >= 11 is 0. The van der Waals surface area contributed by atoms with Crippen molar-refractivity contribution in [2.45, 2.75) is 30.6 Å². The van der Waals surface area contributed by atoms with Gasteiger partial charge in [0.05, 0.1) is 16.5 Å².